The van der Waals surface area contributed by atoms with Gasteiger partial charge in [0, 0.05) is 6.54 Å². The molecule has 0 aliphatic carbocycles. The Labute approximate surface area is 96.1 Å². The fourth-order valence-corrected chi connectivity index (χ4v) is 3.17. The predicted octanol–water partition coefficient (Wildman–Crippen LogP) is 0.447. The summed E-state index contributed by atoms with van der Waals surface area (Å²) in [6, 6.07) is 0. The minimum atomic E-state index is -3.47. The number of rotatable bonds is 2. The van der Waals surface area contributed by atoms with E-state index in [9.17, 15) is 8.42 Å². The van der Waals surface area contributed by atoms with Crippen molar-refractivity contribution >= 4 is 15.9 Å². The molecule has 2 heterocycles. The van der Waals surface area contributed by atoms with Gasteiger partial charge in [-0.1, -0.05) is 12.8 Å². The van der Waals surface area contributed by atoms with Gasteiger partial charge >= 0.3 is 0 Å². The molecule has 90 valence electrons. The fraction of sp³-hybridized carbons (Fsp3) is 0.700. The molecule has 0 aromatic carbocycles. The van der Waals surface area contributed by atoms with Crippen LogP contribution in [0.3, 0.4) is 0 Å². The molecule has 2 N–H and O–H groups in total. The molecule has 0 spiro atoms. The van der Waals surface area contributed by atoms with Gasteiger partial charge in [-0.05, 0) is 32.0 Å². The molecule has 6 heteroatoms. The maximum atomic E-state index is 11.6. The highest BCUT2D eigenvalue weighted by atomic mass is 32.2. The van der Waals surface area contributed by atoms with E-state index < -0.39 is 10.0 Å². The molecule has 16 heavy (non-hydrogen) atoms. The molecule has 0 atom stereocenters. The average molecular weight is 243 g/mol. The van der Waals surface area contributed by atoms with Crippen LogP contribution in [0.15, 0.2) is 15.4 Å². The number of amidine groups is 1. The van der Waals surface area contributed by atoms with Crippen LogP contribution in [0.1, 0.15) is 25.7 Å². The fourth-order valence-electron chi connectivity index (χ4n) is 2.11. The standard InChI is InChI=1S/C10H17N3O2S/c11-10-7-9(16(14,15)12-10)8-13-5-3-1-2-4-6-13/h7H,1-6,8H2,(H2,11,12). The van der Waals surface area contributed by atoms with Crippen LogP contribution < -0.4 is 5.73 Å². The lowest BCUT2D eigenvalue weighted by atomic mass is 10.2. The van der Waals surface area contributed by atoms with Gasteiger partial charge in [-0.15, -0.1) is 4.40 Å². The van der Waals surface area contributed by atoms with Gasteiger partial charge in [0.2, 0.25) is 0 Å². The summed E-state index contributed by atoms with van der Waals surface area (Å²) in [7, 11) is -3.47. The van der Waals surface area contributed by atoms with E-state index in [0.29, 0.717) is 11.4 Å². The van der Waals surface area contributed by atoms with E-state index in [0.717, 1.165) is 25.9 Å². The van der Waals surface area contributed by atoms with Crippen LogP contribution in [0.2, 0.25) is 0 Å². The molecule has 0 aromatic rings. The zero-order valence-electron chi connectivity index (χ0n) is 9.22. The van der Waals surface area contributed by atoms with E-state index in [1.54, 1.807) is 0 Å². The van der Waals surface area contributed by atoms with E-state index in [2.05, 4.69) is 9.30 Å². The zero-order valence-corrected chi connectivity index (χ0v) is 10.0. The molecule has 0 radical (unpaired) electrons. The molecule has 0 unspecified atom stereocenters. The lowest BCUT2D eigenvalue weighted by Gasteiger charge is -2.19. The first-order valence-electron chi connectivity index (χ1n) is 5.61. The van der Waals surface area contributed by atoms with Crippen molar-refractivity contribution < 1.29 is 8.42 Å². The quantitative estimate of drug-likeness (QED) is 0.764. The van der Waals surface area contributed by atoms with Gasteiger partial charge in [0.15, 0.2) is 0 Å². The first-order valence-corrected chi connectivity index (χ1v) is 7.05. The summed E-state index contributed by atoms with van der Waals surface area (Å²) in [4.78, 5) is 2.51. The number of nitrogens with zero attached hydrogens (tertiary/aromatic N) is 2. The summed E-state index contributed by atoms with van der Waals surface area (Å²) in [6.45, 7) is 2.38. The lowest BCUT2D eigenvalue weighted by molar-refractivity contribution is 0.313. The van der Waals surface area contributed by atoms with Crippen LogP contribution in [-0.2, 0) is 10.0 Å². The van der Waals surface area contributed by atoms with Crippen molar-refractivity contribution in [2.75, 3.05) is 19.6 Å². The van der Waals surface area contributed by atoms with Crippen LogP contribution in [0.4, 0.5) is 0 Å². The van der Waals surface area contributed by atoms with Gasteiger partial charge in [-0.2, -0.15) is 8.42 Å². The van der Waals surface area contributed by atoms with Crippen LogP contribution in [0.5, 0.6) is 0 Å². The summed E-state index contributed by atoms with van der Waals surface area (Å²) in [5, 5.41) is 0. The van der Waals surface area contributed by atoms with Gasteiger partial charge in [0.05, 0.1) is 4.91 Å². The maximum absolute atomic E-state index is 11.6. The Hall–Kier alpha value is -0.880. The van der Waals surface area contributed by atoms with E-state index >= 15 is 0 Å². The molecule has 2 rings (SSSR count). The second-order valence-electron chi connectivity index (χ2n) is 4.29. The van der Waals surface area contributed by atoms with Crippen molar-refractivity contribution in [2.45, 2.75) is 25.7 Å². The third kappa shape index (κ3) is 2.62. The molecule has 2 aliphatic heterocycles. The Morgan fingerprint density at radius 1 is 1.25 bits per heavy atom. The number of hydrogen-bond acceptors (Lipinski definition) is 4. The van der Waals surface area contributed by atoms with Crippen molar-refractivity contribution in [1.82, 2.24) is 4.90 Å². The Balaban J connectivity index is 2.03. The molecule has 0 amide bonds. The van der Waals surface area contributed by atoms with Crippen LogP contribution in [-0.4, -0.2) is 38.8 Å². The topological polar surface area (TPSA) is 75.8 Å². The van der Waals surface area contributed by atoms with Crippen molar-refractivity contribution in [3.05, 3.63) is 11.0 Å². The summed E-state index contributed by atoms with van der Waals surface area (Å²) in [5.74, 6) is 0.102. The van der Waals surface area contributed by atoms with E-state index in [1.165, 1.54) is 18.9 Å². The smallest absolute Gasteiger partial charge is 0.281 e. The van der Waals surface area contributed by atoms with Crippen LogP contribution in [0, 0.1) is 0 Å². The minimum Gasteiger partial charge on any atom is -0.383 e. The van der Waals surface area contributed by atoms with Crippen LogP contribution in [0.25, 0.3) is 0 Å². The third-order valence-electron chi connectivity index (χ3n) is 2.94. The second-order valence-corrected chi connectivity index (χ2v) is 5.95. The molecule has 1 saturated heterocycles. The predicted molar refractivity (Wildman–Crippen MR) is 63.5 cm³/mol. The zero-order chi connectivity index (χ0) is 11.6. The number of nitrogens with two attached hydrogens (primary N) is 1. The van der Waals surface area contributed by atoms with Crippen molar-refractivity contribution in [3.8, 4) is 0 Å². The Morgan fingerprint density at radius 2 is 1.88 bits per heavy atom. The summed E-state index contributed by atoms with van der Waals surface area (Å²) in [5.41, 5.74) is 5.41. The van der Waals surface area contributed by atoms with Crippen molar-refractivity contribution in [2.24, 2.45) is 10.1 Å². The van der Waals surface area contributed by atoms with Gasteiger partial charge in [0.1, 0.15) is 5.84 Å². The maximum Gasteiger partial charge on any atom is 0.281 e. The highest BCUT2D eigenvalue weighted by Gasteiger charge is 2.25. The van der Waals surface area contributed by atoms with Crippen molar-refractivity contribution in [3.63, 3.8) is 0 Å². The Kier molecular flexibility index (Phi) is 3.30. The Morgan fingerprint density at radius 3 is 2.38 bits per heavy atom. The largest absolute Gasteiger partial charge is 0.383 e. The van der Waals surface area contributed by atoms with Gasteiger partial charge in [-0.25, -0.2) is 0 Å². The molecular formula is C10H17N3O2S. The number of sulfonamides is 1. The molecule has 0 saturated carbocycles. The molecule has 5 nitrogen and oxygen atoms in total. The molecule has 1 fully saturated rings. The molecule has 2 aliphatic rings. The number of hydrogen-bond donors (Lipinski definition) is 1. The SMILES string of the molecule is NC1=NS(=O)(=O)C(CN2CCCCCC2)=C1. The highest BCUT2D eigenvalue weighted by molar-refractivity contribution is 7.94. The average Bonchev–Trinajstić information content (AvgIpc) is 2.43. The van der Waals surface area contributed by atoms with Gasteiger partial charge < -0.3 is 5.73 Å². The van der Waals surface area contributed by atoms with Crippen molar-refractivity contribution in [1.29, 1.82) is 0 Å². The lowest BCUT2D eigenvalue weighted by Crippen LogP contribution is -2.28. The third-order valence-corrected chi connectivity index (χ3v) is 4.30. The normalized spacial score (nSPS) is 26.0. The van der Waals surface area contributed by atoms with Crippen LogP contribution >= 0.6 is 0 Å². The van der Waals surface area contributed by atoms with E-state index in [1.807, 2.05) is 0 Å². The summed E-state index contributed by atoms with van der Waals surface area (Å²) in [6.07, 6.45) is 6.23. The summed E-state index contributed by atoms with van der Waals surface area (Å²) >= 11 is 0. The van der Waals surface area contributed by atoms with Gasteiger partial charge in [0.25, 0.3) is 10.0 Å². The van der Waals surface area contributed by atoms with E-state index in [-0.39, 0.29) is 5.84 Å². The van der Waals surface area contributed by atoms with Gasteiger partial charge in [-0.3, -0.25) is 4.90 Å². The minimum absolute atomic E-state index is 0.102. The Bertz CT molecular complexity index is 417. The first-order chi connectivity index (χ1) is 7.58. The first kappa shape index (κ1) is 11.6. The second kappa shape index (κ2) is 4.55. The molecule has 0 aromatic heterocycles. The van der Waals surface area contributed by atoms with E-state index in [4.69, 9.17) is 5.73 Å². The monoisotopic (exact) mass is 243 g/mol. The molecular weight excluding hydrogens is 226 g/mol. The number of likely N-dealkylation sites (tertiary alicyclic amines) is 1. The molecule has 0 bridgehead atoms. The summed E-state index contributed by atoms with van der Waals surface area (Å²) < 4.78 is 26.6. The highest BCUT2D eigenvalue weighted by Crippen LogP contribution is 2.18.